The van der Waals surface area contributed by atoms with Crippen LogP contribution in [0.3, 0.4) is 0 Å². The van der Waals surface area contributed by atoms with Gasteiger partial charge in [-0.2, -0.15) is 0 Å². The second kappa shape index (κ2) is 9.60. The summed E-state index contributed by atoms with van der Waals surface area (Å²) < 4.78 is 22.2. The summed E-state index contributed by atoms with van der Waals surface area (Å²) in [6.07, 6.45) is 2.38. The molecule has 0 bridgehead atoms. The van der Waals surface area contributed by atoms with Crippen LogP contribution in [0, 0.1) is 0 Å². The second-order valence-electron chi connectivity index (χ2n) is 7.37. The highest BCUT2D eigenvalue weighted by Gasteiger charge is 2.27. The molecule has 2 aromatic carbocycles. The van der Waals surface area contributed by atoms with Crippen LogP contribution in [0.25, 0.3) is 11.1 Å². The van der Waals surface area contributed by atoms with E-state index in [1.54, 1.807) is 27.5 Å². The van der Waals surface area contributed by atoms with Crippen molar-refractivity contribution >= 4 is 5.91 Å². The van der Waals surface area contributed by atoms with Gasteiger partial charge in [0.1, 0.15) is 5.56 Å². The average molecular weight is 434 g/mol. The summed E-state index contributed by atoms with van der Waals surface area (Å²) in [5.74, 6) is 1.87. The van der Waals surface area contributed by atoms with Crippen molar-refractivity contribution in [2.24, 2.45) is 0 Å². The molecule has 7 heteroatoms. The van der Waals surface area contributed by atoms with Crippen molar-refractivity contribution in [3.05, 3.63) is 65.9 Å². The van der Waals surface area contributed by atoms with Crippen LogP contribution in [-0.2, 0) is 6.54 Å². The van der Waals surface area contributed by atoms with E-state index in [0.29, 0.717) is 54.8 Å². The van der Waals surface area contributed by atoms with E-state index in [0.717, 1.165) is 16.7 Å². The Bertz CT molecular complexity index is 1080. The highest BCUT2D eigenvalue weighted by Crippen LogP contribution is 2.39. The number of aromatic nitrogens is 1. The fourth-order valence-electron chi connectivity index (χ4n) is 3.90. The van der Waals surface area contributed by atoms with Crippen LogP contribution in [0.1, 0.15) is 22.3 Å². The number of rotatable bonds is 6. The van der Waals surface area contributed by atoms with Gasteiger partial charge in [-0.25, -0.2) is 4.98 Å². The van der Waals surface area contributed by atoms with Gasteiger partial charge in [0.05, 0.1) is 27.9 Å². The van der Waals surface area contributed by atoms with Gasteiger partial charge in [0.15, 0.2) is 11.5 Å². The fourth-order valence-corrected chi connectivity index (χ4v) is 3.90. The SMILES string of the molecule is COc1cc(CN2CCCOc3nccc(-c4ccccc4)c3C2=O)cc(OC)c1OC. The van der Waals surface area contributed by atoms with Crippen molar-refractivity contribution < 1.29 is 23.7 Å². The van der Waals surface area contributed by atoms with Crippen molar-refractivity contribution in [1.29, 1.82) is 0 Å². The smallest absolute Gasteiger partial charge is 0.260 e. The number of benzene rings is 2. The summed E-state index contributed by atoms with van der Waals surface area (Å²) in [6.45, 7) is 1.42. The lowest BCUT2D eigenvalue weighted by Crippen LogP contribution is -2.35. The molecule has 1 aromatic heterocycles. The molecule has 1 amide bonds. The van der Waals surface area contributed by atoms with Gasteiger partial charge in [-0.05, 0) is 35.7 Å². The molecule has 0 saturated carbocycles. The zero-order chi connectivity index (χ0) is 22.5. The van der Waals surface area contributed by atoms with Crippen LogP contribution in [0.5, 0.6) is 23.1 Å². The third-order valence-corrected chi connectivity index (χ3v) is 5.41. The van der Waals surface area contributed by atoms with Gasteiger partial charge >= 0.3 is 0 Å². The highest BCUT2D eigenvalue weighted by atomic mass is 16.5. The van der Waals surface area contributed by atoms with Gasteiger partial charge in [-0.1, -0.05) is 30.3 Å². The van der Waals surface area contributed by atoms with E-state index < -0.39 is 0 Å². The molecular formula is C25H26N2O5. The number of fused-ring (bicyclic) bond motifs is 1. The number of amides is 1. The van der Waals surface area contributed by atoms with Crippen LogP contribution in [0.4, 0.5) is 0 Å². The Morgan fingerprint density at radius 1 is 1.00 bits per heavy atom. The number of nitrogens with zero attached hydrogens (tertiary/aromatic N) is 2. The minimum atomic E-state index is -0.125. The first kappa shape index (κ1) is 21.5. The molecule has 2 heterocycles. The summed E-state index contributed by atoms with van der Waals surface area (Å²) in [5, 5.41) is 0. The van der Waals surface area contributed by atoms with E-state index in [-0.39, 0.29) is 5.91 Å². The molecule has 0 spiro atoms. The quantitative estimate of drug-likeness (QED) is 0.579. The number of hydrogen-bond donors (Lipinski definition) is 0. The van der Waals surface area contributed by atoms with Gasteiger partial charge < -0.3 is 23.8 Å². The molecule has 1 aliphatic rings. The topological polar surface area (TPSA) is 70.1 Å². The summed E-state index contributed by atoms with van der Waals surface area (Å²) in [4.78, 5) is 19.9. The minimum Gasteiger partial charge on any atom is -0.493 e. The predicted octanol–water partition coefficient (Wildman–Crippen LogP) is 4.20. The standard InChI is InChI=1S/C25H26N2O5/c1-29-20-14-17(15-21(30-2)23(20)31-3)16-27-12-7-13-32-24-22(25(27)28)19(10-11-26-24)18-8-5-4-6-9-18/h4-6,8-11,14-15H,7,12-13,16H2,1-3H3. The molecule has 0 atom stereocenters. The molecule has 32 heavy (non-hydrogen) atoms. The predicted molar refractivity (Wildman–Crippen MR) is 121 cm³/mol. The van der Waals surface area contributed by atoms with Gasteiger partial charge in [-0.3, -0.25) is 4.79 Å². The molecule has 0 saturated heterocycles. The van der Waals surface area contributed by atoms with Gasteiger partial charge in [-0.15, -0.1) is 0 Å². The van der Waals surface area contributed by atoms with Crippen molar-refractivity contribution in [2.45, 2.75) is 13.0 Å². The number of hydrogen-bond acceptors (Lipinski definition) is 6. The number of methoxy groups -OCH3 is 3. The van der Waals surface area contributed by atoms with Crippen LogP contribution in [0.2, 0.25) is 0 Å². The van der Waals surface area contributed by atoms with E-state index >= 15 is 0 Å². The molecule has 0 unspecified atom stereocenters. The summed E-state index contributed by atoms with van der Waals surface area (Å²) >= 11 is 0. The lowest BCUT2D eigenvalue weighted by atomic mass is 9.99. The van der Waals surface area contributed by atoms with Crippen molar-refractivity contribution in [3.8, 4) is 34.3 Å². The molecule has 0 aliphatic carbocycles. The first-order valence-electron chi connectivity index (χ1n) is 10.4. The van der Waals surface area contributed by atoms with E-state index in [1.807, 2.05) is 53.4 Å². The fraction of sp³-hybridized carbons (Fsp3) is 0.280. The Morgan fingerprint density at radius 3 is 2.38 bits per heavy atom. The Kier molecular flexibility index (Phi) is 6.44. The maximum atomic E-state index is 13.7. The molecule has 166 valence electrons. The Hall–Kier alpha value is -3.74. The van der Waals surface area contributed by atoms with Gasteiger partial charge in [0.2, 0.25) is 11.6 Å². The molecule has 0 radical (unpaired) electrons. The zero-order valence-corrected chi connectivity index (χ0v) is 18.5. The van der Waals surface area contributed by atoms with Crippen LogP contribution >= 0.6 is 0 Å². The van der Waals surface area contributed by atoms with Crippen molar-refractivity contribution in [1.82, 2.24) is 9.88 Å². The van der Waals surface area contributed by atoms with Crippen LogP contribution in [-0.4, -0.2) is 50.3 Å². The summed E-state index contributed by atoms with van der Waals surface area (Å²) in [6, 6.07) is 15.4. The second-order valence-corrected chi connectivity index (χ2v) is 7.37. The maximum absolute atomic E-state index is 13.7. The normalized spacial score (nSPS) is 13.5. The minimum absolute atomic E-state index is 0.125. The Balaban J connectivity index is 1.73. The lowest BCUT2D eigenvalue weighted by molar-refractivity contribution is 0.0711. The molecule has 7 nitrogen and oxygen atoms in total. The summed E-state index contributed by atoms with van der Waals surface area (Å²) in [7, 11) is 4.72. The third kappa shape index (κ3) is 4.19. The Morgan fingerprint density at radius 2 is 1.72 bits per heavy atom. The monoisotopic (exact) mass is 434 g/mol. The summed E-state index contributed by atoms with van der Waals surface area (Å²) in [5.41, 5.74) is 3.10. The third-order valence-electron chi connectivity index (χ3n) is 5.41. The molecule has 0 N–H and O–H groups in total. The first-order chi connectivity index (χ1) is 15.7. The molecule has 0 fully saturated rings. The van der Waals surface area contributed by atoms with E-state index in [4.69, 9.17) is 18.9 Å². The number of pyridine rings is 1. The largest absolute Gasteiger partial charge is 0.493 e. The van der Waals surface area contributed by atoms with Crippen LogP contribution < -0.4 is 18.9 Å². The van der Waals surface area contributed by atoms with E-state index in [2.05, 4.69) is 4.98 Å². The van der Waals surface area contributed by atoms with E-state index in [9.17, 15) is 4.79 Å². The van der Waals surface area contributed by atoms with Gasteiger partial charge in [0, 0.05) is 24.8 Å². The van der Waals surface area contributed by atoms with Crippen LogP contribution in [0.15, 0.2) is 54.7 Å². The molecule has 4 rings (SSSR count). The number of carbonyl (C=O) groups is 1. The average Bonchev–Trinajstić information content (AvgIpc) is 2.84. The highest BCUT2D eigenvalue weighted by molar-refractivity contribution is 6.03. The molecule has 1 aliphatic heterocycles. The molecule has 3 aromatic rings. The van der Waals surface area contributed by atoms with E-state index in [1.165, 1.54) is 0 Å². The first-order valence-corrected chi connectivity index (χ1v) is 10.4. The Labute approximate surface area is 187 Å². The number of ether oxygens (including phenoxy) is 4. The number of carbonyl (C=O) groups excluding carboxylic acids is 1. The zero-order valence-electron chi connectivity index (χ0n) is 18.5. The molecular weight excluding hydrogens is 408 g/mol. The van der Waals surface area contributed by atoms with Crippen molar-refractivity contribution in [2.75, 3.05) is 34.5 Å². The van der Waals surface area contributed by atoms with Gasteiger partial charge in [0.25, 0.3) is 5.91 Å². The lowest BCUT2D eigenvalue weighted by Gasteiger charge is -2.27. The van der Waals surface area contributed by atoms with Crippen molar-refractivity contribution in [3.63, 3.8) is 0 Å². The maximum Gasteiger partial charge on any atom is 0.260 e.